The molecule has 0 aliphatic heterocycles. The lowest BCUT2D eigenvalue weighted by molar-refractivity contribution is -0.129. The number of alkyl halides is 1. The molecule has 0 radical (unpaired) electrons. The molecule has 0 atom stereocenters. The highest BCUT2D eigenvalue weighted by Crippen LogP contribution is 2.09. The van der Waals surface area contributed by atoms with Crippen molar-refractivity contribution in [2.75, 3.05) is 19.5 Å². The van der Waals surface area contributed by atoms with E-state index in [0.717, 1.165) is 12.1 Å². The van der Waals surface area contributed by atoms with Gasteiger partial charge in [0.05, 0.1) is 0 Å². The predicted molar refractivity (Wildman–Crippen MR) is 63.0 cm³/mol. The van der Waals surface area contributed by atoms with Crippen molar-refractivity contribution in [2.45, 2.75) is 12.8 Å². The Hall–Kier alpha value is -1.16. The van der Waals surface area contributed by atoms with Gasteiger partial charge in [-0.25, -0.2) is 8.78 Å². The van der Waals surface area contributed by atoms with E-state index in [4.69, 9.17) is 11.6 Å². The van der Waals surface area contributed by atoms with E-state index >= 15 is 0 Å². The Bertz CT molecular complexity index is 398. The summed E-state index contributed by atoms with van der Waals surface area (Å²) in [6.45, 7) is 0.459. The molecule has 0 bridgehead atoms. The number of carbonyl (C=O) groups excluding carboxylic acids is 1. The molecule has 1 aromatic carbocycles. The first-order valence-electron chi connectivity index (χ1n) is 5.28. The second-order valence-electron chi connectivity index (χ2n) is 3.75. The van der Waals surface area contributed by atoms with Crippen LogP contribution in [0.15, 0.2) is 18.2 Å². The summed E-state index contributed by atoms with van der Waals surface area (Å²) in [6.07, 6.45) is 0.775. The fraction of sp³-hybridized carbons (Fsp3) is 0.417. The van der Waals surface area contributed by atoms with Gasteiger partial charge in [0.1, 0.15) is 0 Å². The second-order valence-corrected chi connectivity index (χ2v) is 4.13. The highest BCUT2D eigenvalue weighted by Gasteiger charge is 2.08. The van der Waals surface area contributed by atoms with Crippen LogP contribution in [0, 0.1) is 11.6 Å². The molecule has 0 saturated heterocycles. The maximum absolute atomic E-state index is 12.9. The lowest BCUT2D eigenvalue weighted by atomic mass is 10.1. The molecule has 0 aliphatic carbocycles. The molecule has 1 rings (SSSR count). The van der Waals surface area contributed by atoms with Gasteiger partial charge in [0, 0.05) is 25.9 Å². The van der Waals surface area contributed by atoms with Crippen LogP contribution in [0.25, 0.3) is 0 Å². The van der Waals surface area contributed by atoms with Crippen molar-refractivity contribution >= 4 is 17.5 Å². The quantitative estimate of drug-likeness (QED) is 0.746. The van der Waals surface area contributed by atoms with Crippen LogP contribution < -0.4 is 0 Å². The number of hydrogen-bond acceptors (Lipinski definition) is 1. The molecule has 0 saturated carbocycles. The van der Waals surface area contributed by atoms with Crippen LogP contribution in [0.1, 0.15) is 12.0 Å². The first-order chi connectivity index (χ1) is 8.04. The molecule has 5 heteroatoms. The minimum absolute atomic E-state index is 0.0532. The molecule has 2 nitrogen and oxygen atoms in total. The van der Waals surface area contributed by atoms with Gasteiger partial charge in [-0.15, -0.1) is 11.6 Å². The molecule has 1 aromatic rings. The number of halogens is 3. The van der Waals surface area contributed by atoms with E-state index in [1.54, 1.807) is 7.05 Å². The van der Waals surface area contributed by atoms with E-state index in [2.05, 4.69) is 0 Å². The molecule has 94 valence electrons. The maximum Gasteiger partial charge on any atom is 0.223 e. The average molecular weight is 262 g/mol. The maximum atomic E-state index is 12.9. The largest absolute Gasteiger partial charge is 0.345 e. The van der Waals surface area contributed by atoms with Gasteiger partial charge in [0.25, 0.3) is 0 Å². The summed E-state index contributed by atoms with van der Waals surface area (Å²) in [5, 5.41) is 0. The molecular formula is C12H14ClF2NO. The Morgan fingerprint density at radius 1 is 1.35 bits per heavy atom. The van der Waals surface area contributed by atoms with Crippen LogP contribution in [0.4, 0.5) is 8.78 Å². The molecule has 0 fully saturated rings. The number of hydrogen-bond donors (Lipinski definition) is 0. The zero-order valence-corrected chi connectivity index (χ0v) is 10.3. The third-order valence-corrected chi connectivity index (χ3v) is 2.64. The summed E-state index contributed by atoms with van der Waals surface area (Å²) in [5.41, 5.74) is 0.662. The normalized spacial score (nSPS) is 10.4. The van der Waals surface area contributed by atoms with Gasteiger partial charge in [-0.1, -0.05) is 6.07 Å². The van der Waals surface area contributed by atoms with E-state index in [9.17, 15) is 13.6 Å². The van der Waals surface area contributed by atoms with Crippen LogP contribution >= 0.6 is 11.6 Å². The van der Waals surface area contributed by atoms with Gasteiger partial charge >= 0.3 is 0 Å². The van der Waals surface area contributed by atoms with E-state index in [1.807, 2.05) is 0 Å². The summed E-state index contributed by atoms with van der Waals surface area (Å²) in [6, 6.07) is 3.75. The Balaban J connectivity index is 2.50. The van der Waals surface area contributed by atoms with Crippen molar-refractivity contribution in [3.8, 4) is 0 Å². The topological polar surface area (TPSA) is 20.3 Å². The van der Waals surface area contributed by atoms with Crippen LogP contribution in [0.3, 0.4) is 0 Å². The smallest absolute Gasteiger partial charge is 0.223 e. The molecule has 0 aromatic heterocycles. The zero-order chi connectivity index (χ0) is 12.8. The standard InChI is InChI=1S/C12H14ClF2NO/c1-16(12(17)4-6-13)7-5-9-2-3-10(14)11(15)8-9/h2-3,8H,4-7H2,1H3. The zero-order valence-electron chi connectivity index (χ0n) is 9.55. The average Bonchev–Trinajstić information content (AvgIpc) is 2.30. The number of nitrogens with zero attached hydrogens (tertiary/aromatic N) is 1. The van der Waals surface area contributed by atoms with Crippen molar-refractivity contribution in [1.29, 1.82) is 0 Å². The number of amides is 1. The Morgan fingerprint density at radius 3 is 2.65 bits per heavy atom. The Morgan fingerprint density at radius 2 is 2.06 bits per heavy atom. The predicted octanol–water partition coefficient (Wildman–Crippen LogP) is 2.59. The SMILES string of the molecule is CN(CCc1ccc(F)c(F)c1)C(=O)CCCl. The van der Waals surface area contributed by atoms with E-state index < -0.39 is 11.6 Å². The first-order valence-corrected chi connectivity index (χ1v) is 5.82. The molecule has 0 N–H and O–H groups in total. The molecule has 17 heavy (non-hydrogen) atoms. The van der Waals surface area contributed by atoms with E-state index in [1.165, 1.54) is 11.0 Å². The Labute approximate surface area is 104 Å². The summed E-state index contributed by atoms with van der Waals surface area (Å²) < 4.78 is 25.6. The lowest BCUT2D eigenvalue weighted by Gasteiger charge is -2.16. The van der Waals surface area contributed by atoms with E-state index in [-0.39, 0.29) is 18.2 Å². The van der Waals surface area contributed by atoms with Gasteiger partial charge in [0.2, 0.25) is 5.91 Å². The first kappa shape index (κ1) is 13.9. The summed E-state index contributed by atoms with van der Waals surface area (Å²) in [5.74, 6) is -1.49. The van der Waals surface area contributed by atoms with Crippen molar-refractivity contribution in [3.05, 3.63) is 35.4 Å². The van der Waals surface area contributed by atoms with Gasteiger partial charge in [-0.2, -0.15) is 0 Å². The highest BCUT2D eigenvalue weighted by atomic mass is 35.5. The van der Waals surface area contributed by atoms with Gasteiger partial charge in [-0.05, 0) is 24.1 Å². The molecule has 0 aliphatic rings. The van der Waals surface area contributed by atoms with Gasteiger partial charge in [-0.3, -0.25) is 4.79 Å². The van der Waals surface area contributed by atoms with Crippen molar-refractivity contribution in [1.82, 2.24) is 4.90 Å². The van der Waals surface area contributed by atoms with Crippen LogP contribution in [-0.4, -0.2) is 30.3 Å². The van der Waals surface area contributed by atoms with Crippen LogP contribution in [0.2, 0.25) is 0 Å². The van der Waals surface area contributed by atoms with Gasteiger partial charge < -0.3 is 4.90 Å². The van der Waals surface area contributed by atoms with Crippen molar-refractivity contribution in [3.63, 3.8) is 0 Å². The number of rotatable bonds is 5. The Kier molecular flexibility index (Phi) is 5.35. The van der Waals surface area contributed by atoms with Crippen molar-refractivity contribution in [2.24, 2.45) is 0 Å². The fourth-order valence-electron chi connectivity index (χ4n) is 1.39. The number of benzene rings is 1. The minimum Gasteiger partial charge on any atom is -0.345 e. The monoisotopic (exact) mass is 261 g/mol. The lowest BCUT2D eigenvalue weighted by Crippen LogP contribution is -2.28. The van der Waals surface area contributed by atoms with Crippen LogP contribution in [-0.2, 0) is 11.2 Å². The van der Waals surface area contributed by atoms with Crippen molar-refractivity contribution < 1.29 is 13.6 Å². The minimum atomic E-state index is -0.864. The van der Waals surface area contributed by atoms with E-state index in [0.29, 0.717) is 18.5 Å². The summed E-state index contributed by atoms with van der Waals surface area (Å²) >= 11 is 5.46. The molecular weight excluding hydrogens is 248 g/mol. The second kappa shape index (κ2) is 6.55. The molecule has 0 spiro atoms. The third-order valence-electron chi connectivity index (χ3n) is 2.45. The summed E-state index contributed by atoms with van der Waals surface area (Å²) in [7, 11) is 1.66. The molecule has 0 heterocycles. The van der Waals surface area contributed by atoms with Gasteiger partial charge in [0.15, 0.2) is 11.6 Å². The molecule has 0 unspecified atom stereocenters. The fourth-order valence-corrected chi connectivity index (χ4v) is 1.55. The number of likely N-dealkylation sites (N-methyl/N-ethyl adjacent to an activating group) is 1. The molecule has 1 amide bonds. The third kappa shape index (κ3) is 4.30. The summed E-state index contributed by atoms with van der Waals surface area (Å²) in [4.78, 5) is 12.9. The highest BCUT2D eigenvalue weighted by molar-refractivity contribution is 6.18. The number of carbonyl (C=O) groups is 1. The van der Waals surface area contributed by atoms with Crippen LogP contribution in [0.5, 0.6) is 0 Å².